The van der Waals surface area contributed by atoms with Gasteiger partial charge < -0.3 is 5.11 Å². The molecule has 0 radical (unpaired) electrons. The van der Waals surface area contributed by atoms with E-state index in [4.69, 9.17) is 0 Å². The number of carboxylic acids is 1. The van der Waals surface area contributed by atoms with E-state index < -0.39 is 5.97 Å². The van der Waals surface area contributed by atoms with Crippen LogP contribution in [0.3, 0.4) is 0 Å². The Kier molecular flexibility index (Phi) is 13.7. The quantitative estimate of drug-likeness (QED) is 0.342. The smallest absolute Gasteiger partial charge is 0.306 e. The Balaban J connectivity index is 3.58. The Morgan fingerprint density at radius 2 is 0.955 bits per heavy atom. The standard InChI is InChI=1S/C20H40O2/c1-17(2)13-9-6-5-7-11-15-19(20(21)22)16-12-8-10-14-18(3)4/h17-19H,5-16H2,1-4H3,(H,21,22). The molecule has 0 spiro atoms. The van der Waals surface area contributed by atoms with E-state index in [2.05, 4.69) is 27.7 Å². The van der Waals surface area contributed by atoms with Crippen LogP contribution < -0.4 is 0 Å². The summed E-state index contributed by atoms with van der Waals surface area (Å²) in [6.45, 7) is 9.06. The van der Waals surface area contributed by atoms with Crippen molar-refractivity contribution in [1.29, 1.82) is 0 Å². The molecule has 0 fully saturated rings. The number of carbonyl (C=O) groups is 1. The van der Waals surface area contributed by atoms with Gasteiger partial charge in [0.15, 0.2) is 0 Å². The summed E-state index contributed by atoms with van der Waals surface area (Å²) in [6, 6.07) is 0. The minimum absolute atomic E-state index is 0.102. The molecule has 0 aliphatic carbocycles. The van der Waals surface area contributed by atoms with Crippen LogP contribution in [0.4, 0.5) is 0 Å². The number of hydrogen-bond donors (Lipinski definition) is 1. The highest BCUT2D eigenvalue weighted by Crippen LogP contribution is 2.20. The largest absolute Gasteiger partial charge is 0.481 e. The van der Waals surface area contributed by atoms with Gasteiger partial charge in [0.2, 0.25) is 0 Å². The van der Waals surface area contributed by atoms with Crippen molar-refractivity contribution in [3.05, 3.63) is 0 Å². The van der Waals surface area contributed by atoms with Crippen LogP contribution >= 0.6 is 0 Å². The van der Waals surface area contributed by atoms with Crippen LogP contribution in [-0.4, -0.2) is 11.1 Å². The highest BCUT2D eigenvalue weighted by Gasteiger charge is 2.16. The Labute approximate surface area is 139 Å². The molecule has 0 aromatic rings. The van der Waals surface area contributed by atoms with E-state index in [0.717, 1.165) is 37.5 Å². The van der Waals surface area contributed by atoms with Crippen molar-refractivity contribution >= 4 is 5.97 Å². The summed E-state index contributed by atoms with van der Waals surface area (Å²) in [6.07, 6.45) is 14.1. The SMILES string of the molecule is CC(C)CCCCCCCC(CCCCCC(C)C)C(=O)O. The van der Waals surface area contributed by atoms with Crippen LogP contribution in [0, 0.1) is 17.8 Å². The number of rotatable bonds is 15. The first-order chi connectivity index (χ1) is 10.4. The molecule has 0 aliphatic heterocycles. The Hall–Kier alpha value is -0.530. The fourth-order valence-electron chi connectivity index (χ4n) is 2.99. The molecule has 1 unspecified atom stereocenters. The zero-order valence-electron chi connectivity index (χ0n) is 15.6. The van der Waals surface area contributed by atoms with E-state index in [0.29, 0.717) is 0 Å². The van der Waals surface area contributed by atoms with Crippen LogP contribution in [0.1, 0.15) is 105 Å². The number of aliphatic carboxylic acids is 1. The summed E-state index contributed by atoms with van der Waals surface area (Å²) < 4.78 is 0. The maximum atomic E-state index is 11.3. The van der Waals surface area contributed by atoms with Gasteiger partial charge in [0, 0.05) is 0 Å². The molecule has 2 nitrogen and oxygen atoms in total. The van der Waals surface area contributed by atoms with Gasteiger partial charge >= 0.3 is 5.97 Å². The molecule has 0 aromatic carbocycles. The van der Waals surface area contributed by atoms with Crippen molar-refractivity contribution in [1.82, 2.24) is 0 Å². The Morgan fingerprint density at radius 3 is 1.32 bits per heavy atom. The monoisotopic (exact) mass is 312 g/mol. The molecule has 132 valence electrons. The lowest BCUT2D eigenvalue weighted by atomic mass is 9.93. The maximum absolute atomic E-state index is 11.3. The summed E-state index contributed by atoms with van der Waals surface area (Å²) in [5.74, 6) is 0.899. The van der Waals surface area contributed by atoms with E-state index in [-0.39, 0.29) is 5.92 Å². The van der Waals surface area contributed by atoms with Gasteiger partial charge in [-0.15, -0.1) is 0 Å². The molecule has 0 heterocycles. The van der Waals surface area contributed by atoms with Gasteiger partial charge in [0.25, 0.3) is 0 Å². The first kappa shape index (κ1) is 21.5. The third kappa shape index (κ3) is 14.4. The molecule has 0 saturated heterocycles. The molecule has 0 rings (SSSR count). The topological polar surface area (TPSA) is 37.3 Å². The minimum atomic E-state index is -0.580. The molecule has 1 N–H and O–H groups in total. The normalized spacial score (nSPS) is 13.0. The van der Waals surface area contributed by atoms with E-state index in [1.54, 1.807) is 0 Å². The third-order valence-electron chi connectivity index (χ3n) is 4.52. The number of unbranched alkanes of at least 4 members (excludes halogenated alkanes) is 6. The van der Waals surface area contributed by atoms with Crippen LogP contribution in [-0.2, 0) is 4.79 Å². The summed E-state index contributed by atoms with van der Waals surface area (Å²) in [5, 5.41) is 9.32. The van der Waals surface area contributed by atoms with Crippen LogP contribution in [0.5, 0.6) is 0 Å². The lowest BCUT2D eigenvalue weighted by Crippen LogP contribution is -2.13. The first-order valence-corrected chi connectivity index (χ1v) is 9.66. The van der Waals surface area contributed by atoms with Crippen molar-refractivity contribution in [2.75, 3.05) is 0 Å². The highest BCUT2D eigenvalue weighted by atomic mass is 16.4. The van der Waals surface area contributed by atoms with E-state index >= 15 is 0 Å². The third-order valence-corrected chi connectivity index (χ3v) is 4.52. The molecule has 1 atom stereocenters. The number of hydrogen-bond acceptors (Lipinski definition) is 1. The van der Waals surface area contributed by atoms with Crippen LogP contribution in [0.2, 0.25) is 0 Å². The van der Waals surface area contributed by atoms with Crippen LogP contribution in [0.15, 0.2) is 0 Å². The summed E-state index contributed by atoms with van der Waals surface area (Å²) in [7, 11) is 0. The molecule has 0 bridgehead atoms. The van der Waals surface area contributed by atoms with Gasteiger partial charge in [0.05, 0.1) is 5.92 Å². The molecular weight excluding hydrogens is 272 g/mol. The van der Waals surface area contributed by atoms with Gasteiger partial charge in [0.1, 0.15) is 0 Å². The first-order valence-electron chi connectivity index (χ1n) is 9.66. The second-order valence-corrected chi connectivity index (χ2v) is 7.81. The van der Waals surface area contributed by atoms with E-state index in [1.165, 1.54) is 51.4 Å². The second kappa shape index (κ2) is 14.1. The molecule has 0 aliphatic rings. The van der Waals surface area contributed by atoms with E-state index in [1.807, 2.05) is 0 Å². The van der Waals surface area contributed by atoms with Crippen molar-refractivity contribution in [3.8, 4) is 0 Å². The fraction of sp³-hybridized carbons (Fsp3) is 0.950. The zero-order chi connectivity index (χ0) is 16.8. The minimum Gasteiger partial charge on any atom is -0.481 e. The summed E-state index contributed by atoms with van der Waals surface area (Å²) in [5.41, 5.74) is 0. The van der Waals surface area contributed by atoms with Gasteiger partial charge in [-0.2, -0.15) is 0 Å². The lowest BCUT2D eigenvalue weighted by molar-refractivity contribution is -0.142. The van der Waals surface area contributed by atoms with E-state index in [9.17, 15) is 9.90 Å². The highest BCUT2D eigenvalue weighted by molar-refractivity contribution is 5.69. The van der Waals surface area contributed by atoms with Crippen molar-refractivity contribution in [2.24, 2.45) is 17.8 Å². The van der Waals surface area contributed by atoms with Crippen molar-refractivity contribution in [3.63, 3.8) is 0 Å². The van der Waals surface area contributed by atoms with Crippen molar-refractivity contribution < 1.29 is 9.90 Å². The van der Waals surface area contributed by atoms with Gasteiger partial charge in [-0.3, -0.25) is 4.79 Å². The zero-order valence-corrected chi connectivity index (χ0v) is 15.6. The molecular formula is C20H40O2. The predicted molar refractivity (Wildman–Crippen MR) is 96.2 cm³/mol. The average molecular weight is 313 g/mol. The molecule has 22 heavy (non-hydrogen) atoms. The Bertz CT molecular complexity index is 258. The second-order valence-electron chi connectivity index (χ2n) is 7.81. The van der Waals surface area contributed by atoms with Crippen LogP contribution in [0.25, 0.3) is 0 Å². The van der Waals surface area contributed by atoms with Gasteiger partial charge in [-0.05, 0) is 24.7 Å². The summed E-state index contributed by atoms with van der Waals surface area (Å²) in [4.78, 5) is 11.3. The predicted octanol–water partition coefficient (Wildman–Crippen LogP) is 6.68. The molecule has 0 amide bonds. The molecule has 0 aromatic heterocycles. The lowest BCUT2D eigenvalue weighted by Gasteiger charge is -2.12. The molecule has 2 heteroatoms. The van der Waals surface area contributed by atoms with Crippen molar-refractivity contribution in [2.45, 2.75) is 105 Å². The summed E-state index contributed by atoms with van der Waals surface area (Å²) >= 11 is 0. The Morgan fingerprint density at radius 1 is 0.636 bits per heavy atom. The average Bonchev–Trinajstić information content (AvgIpc) is 2.42. The molecule has 0 saturated carbocycles. The fourth-order valence-corrected chi connectivity index (χ4v) is 2.99. The number of carboxylic acid groups (broad SMARTS) is 1. The maximum Gasteiger partial charge on any atom is 0.306 e. The van der Waals surface area contributed by atoms with Gasteiger partial charge in [-0.25, -0.2) is 0 Å². The van der Waals surface area contributed by atoms with Gasteiger partial charge in [-0.1, -0.05) is 91.9 Å².